The van der Waals surface area contributed by atoms with Crippen molar-refractivity contribution >= 4 is 75.8 Å². The van der Waals surface area contributed by atoms with E-state index >= 15 is 0 Å². The molecule has 11 rings (SSSR count). The molecule has 1 heteroatoms. The van der Waals surface area contributed by atoms with Crippen LogP contribution in [0.3, 0.4) is 0 Å². The number of fused-ring (bicyclic) bond motifs is 10. The highest BCUT2D eigenvalue weighted by atomic mass is 16.3. The molecule has 0 unspecified atom stereocenters. The van der Waals surface area contributed by atoms with Gasteiger partial charge in [0.15, 0.2) is 0 Å². The Labute approximate surface area is 305 Å². The molecular formula is C50H30O. The lowest BCUT2D eigenvalue weighted by molar-refractivity contribution is 0.673. The van der Waals surface area contributed by atoms with Gasteiger partial charge in [0.1, 0.15) is 11.2 Å². The first-order chi connectivity index (χ1) is 28.6. The molecule has 1 heterocycles. The van der Waals surface area contributed by atoms with E-state index in [9.17, 15) is 5.48 Å². The molecule has 51 heavy (non-hydrogen) atoms. The van der Waals surface area contributed by atoms with Crippen LogP contribution in [0.4, 0.5) is 0 Å². The monoisotopic (exact) mass is 654 g/mol. The number of benzene rings is 10. The van der Waals surface area contributed by atoms with E-state index in [1.165, 1.54) is 0 Å². The molecule has 0 amide bonds. The van der Waals surface area contributed by atoms with E-state index < -0.39 is 24.2 Å². The third-order valence-corrected chi connectivity index (χ3v) is 10.3. The molecule has 0 bridgehead atoms. The zero-order valence-electron chi connectivity index (χ0n) is 35.1. The zero-order chi connectivity index (χ0) is 40.4. The first kappa shape index (κ1) is 21.4. The first-order valence-corrected chi connectivity index (χ1v) is 16.9. The zero-order valence-corrected chi connectivity index (χ0v) is 27.1. The molecule has 0 N–H and O–H groups in total. The molecular weight excluding hydrogens is 617 g/mol. The Balaban J connectivity index is 1.30. The van der Waals surface area contributed by atoms with Crippen LogP contribution in [0.1, 0.15) is 11.0 Å². The number of hydrogen-bond donors (Lipinski definition) is 0. The van der Waals surface area contributed by atoms with Crippen LogP contribution in [0.25, 0.3) is 109 Å². The van der Waals surface area contributed by atoms with E-state index in [1.807, 2.05) is 103 Å². The van der Waals surface area contributed by atoms with Crippen molar-refractivity contribution in [3.05, 3.63) is 182 Å². The SMILES string of the molecule is [2H]c1c([2H])c([2H])c2c(-c3cccc4c3ccc3c(-c5ccccc5)cccc34)c3c([2H])c([2H])c([2H])c([2H])c3c(-c3ccc4c(c3)oc3c5ccccc5ccc43)c2c1[2H]. The minimum atomic E-state index is -0.441. The predicted octanol–water partition coefficient (Wildman–Crippen LogP) is 14.4. The Hall–Kier alpha value is -6.70. The third-order valence-electron chi connectivity index (χ3n) is 10.3. The van der Waals surface area contributed by atoms with Crippen LogP contribution >= 0.6 is 0 Å². The molecule has 1 aromatic heterocycles. The lowest BCUT2D eigenvalue weighted by Crippen LogP contribution is -1.92. The summed E-state index contributed by atoms with van der Waals surface area (Å²) < 4.78 is 80.2. The van der Waals surface area contributed by atoms with E-state index in [4.69, 9.17) is 9.90 Å². The van der Waals surface area contributed by atoms with Crippen LogP contribution in [0.5, 0.6) is 0 Å². The summed E-state index contributed by atoms with van der Waals surface area (Å²) in [7, 11) is 0. The summed E-state index contributed by atoms with van der Waals surface area (Å²) in [5.74, 6) is 0. The second-order valence-electron chi connectivity index (χ2n) is 13.0. The van der Waals surface area contributed by atoms with Gasteiger partial charge < -0.3 is 4.42 Å². The van der Waals surface area contributed by atoms with Gasteiger partial charge in [-0.25, -0.2) is 0 Å². The molecule has 0 radical (unpaired) electrons. The summed E-state index contributed by atoms with van der Waals surface area (Å²) in [6, 6.07) is 40.8. The molecule has 0 saturated carbocycles. The van der Waals surface area contributed by atoms with E-state index in [1.54, 1.807) is 0 Å². The molecule has 0 aliphatic heterocycles. The van der Waals surface area contributed by atoms with Gasteiger partial charge in [0.25, 0.3) is 0 Å². The van der Waals surface area contributed by atoms with Gasteiger partial charge in [-0.15, -0.1) is 0 Å². The fourth-order valence-corrected chi connectivity index (χ4v) is 8.06. The standard InChI is InChI=1S/C50H30O/c1-2-12-31(13-3-1)34-20-10-21-36-37-22-11-23-41(39(37)29-28-38(34)36)49-44-18-8-6-16-42(44)48(43-17-7-9-19-45(43)49)33-25-26-40-46-27-24-32-14-4-5-15-35(32)50(46)51-47(40)30-33/h1-30H/i6D,7D,8D,9D,16D,17D,18D,19D. The maximum atomic E-state index is 9.51. The van der Waals surface area contributed by atoms with Gasteiger partial charge in [0.2, 0.25) is 0 Å². The summed E-state index contributed by atoms with van der Waals surface area (Å²) in [4.78, 5) is 0. The Morgan fingerprint density at radius 3 is 1.65 bits per heavy atom. The second kappa shape index (κ2) is 10.9. The molecule has 0 aliphatic rings. The van der Waals surface area contributed by atoms with Crippen molar-refractivity contribution in [3.63, 3.8) is 0 Å². The summed E-state index contributed by atoms with van der Waals surface area (Å²) in [6.07, 6.45) is 0. The van der Waals surface area contributed by atoms with Crippen molar-refractivity contribution in [3.8, 4) is 33.4 Å². The Morgan fingerprint density at radius 2 is 0.922 bits per heavy atom. The molecule has 0 atom stereocenters. The number of hydrogen-bond acceptors (Lipinski definition) is 1. The van der Waals surface area contributed by atoms with Crippen molar-refractivity contribution in [2.45, 2.75) is 0 Å². The smallest absolute Gasteiger partial charge is 0.143 e. The molecule has 11 aromatic rings. The van der Waals surface area contributed by atoms with Gasteiger partial charge in [-0.1, -0.05) is 164 Å². The molecule has 1 nitrogen and oxygen atoms in total. The Bertz CT molecular complexity index is 3570. The van der Waals surface area contributed by atoms with Crippen LogP contribution in [0, 0.1) is 0 Å². The highest BCUT2D eigenvalue weighted by Gasteiger charge is 2.20. The molecule has 0 aliphatic carbocycles. The Morgan fingerprint density at radius 1 is 0.353 bits per heavy atom. The average molecular weight is 655 g/mol. The van der Waals surface area contributed by atoms with Crippen LogP contribution in [-0.4, -0.2) is 0 Å². The van der Waals surface area contributed by atoms with Crippen molar-refractivity contribution in [1.82, 2.24) is 0 Å². The lowest BCUT2D eigenvalue weighted by Gasteiger charge is -2.19. The van der Waals surface area contributed by atoms with Crippen LogP contribution in [0.15, 0.2) is 186 Å². The minimum absolute atomic E-state index is 0.161. The van der Waals surface area contributed by atoms with E-state index in [2.05, 4.69) is 30.3 Å². The number of rotatable bonds is 3. The van der Waals surface area contributed by atoms with Gasteiger partial charge in [0.05, 0.1) is 11.0 Å². The van der Waals surface area contributed by atoms with Crippen LogP contribution in [0.2, 0.25) is 0 Å². The highest BCUT2D eigenvalue weighted by Crippen LogP contribution is 2.47. The summed E-state index contributed by atoms with van der Waals surface area (Å²) in [6.45, 7) is 0. The summed E-state index contributed by atoms with van der Waals surface area (Å²) in [5, 5.41) is 8.08. The van der Waals surface area contributed by atoms with E-state index in [-0.39, 0.29) is 51.3 Å². The third kappa shape index (κ3) is 4.16. The quantitative estimate of drug-likeness (QED) is 0.136. The fraction of sp³-hybridized carbons (Fsp3) is 0. The summed E-state index contributed by atoms with van der Waals surface area (Å²) in [5.41, 5.74) is 5.07. The van der Waals surface area contributed by atoms with Crippen molar-refractivity contribution in [1.29, 1.82) is 0 Å². The van der Waals surface area contributed by atoms with E-state index in [0.717, 1.165) is 54.2 Å². The van der Waals surface area contributed by atoms with E-state index in [0.29, 0.717) is 27.9 Å². The topological polar surface area (TPSA) is 13.1 Å². The lowest BCUT2D eigenvalue weighted by atomic mass is 9.84. The first-order valence-electron chi connectivity index (χ1n) is 20.9. The summed E-state index contributed by atoms with van der Waals surface area (Å²) >= 11 is 0. The molecule has 236 valence electrons. The van der Waals surface area contributed by atoms with Crippen LogP contribution in [-0.2, 0) is 0 Å². The average Bonchev–Trinajstić information content (AvgIpc) is 3.66. The van der Waals surface area contributed by atoms with Crippen molar-refractivity contribution < 1.29 is 15.4 Å². The largest absolute Gasteiger partial charge is 0.455 e. The number of furan rings is 1. The molecule has 0 saturated heterocycles. The predicted molar refractivity (Wildman–Crippen MR) is 218 cm³/mol. The highest BCUT2D eigenvalue weighted by molar-refractivity contribution is 6.26. The van der Waals surface area contributed by atoms with Gasteiger partial charge in [0, 0.05) is 16.2 Å². The minimum Gasteiger partial charge on any atom is -0.455 e. The molecule has 0 fully saturated rings. The van der Waals surface area contributed by atoms with Crippen LogP contribution < -0.4 is 0 Å². The molecule has 10 aromatic carbocycles. The molecule has 0 spiro atoms. The van der Waals surface area contributed by atoms with Gasteiger partial charge in [-0.3, -0.25) is 0 Å². The van der Waals surface area contributed by atoms with Crippen molar-refractivity contribution in [2.75, 3.05) is 0 Å². The van der Waals surface area contributed by atoms with Gasteiger partial charge in [-0.2, -0.15) is 0 Å². The normalized spacial score (nSPS) is 14.1. The van der Waals surface area contributed by atoms with Gasteiger partial charge >= 0.3 is 0 Å². The Kier molecular flexibility index (Phi) is 4.57. The fourth-order valence-electron chi connectivity index (χ4n) is 8.06. The second-order valence-corrected chi connectivity index (χ2v) is 13.0. The van der Waals surface area contributed by atoms with Gasteiger partial charge in [-0.05, 0) is 100 Å². The maximum Gasteiger partial charge on any atom is 0.143 e. The maximum absolute atomic E-state index is 9.51. The van der Waals surface area contributed by atoms with Crippen molar-refractivity contribution in [2.24, 2.45) is 0 Å².